The number of benzene rings is 1. The van der Waals surface area contributed by atoms with E-state index in [9.17, 15) is 14.1 Å². The number of nitrogens with one attached hydrogen (secondary N) is 2. The van der Waals surface area contributed by atoms with E-state index in [4.69, 9.17) is 0 Å². The molecule has 1 aliphatic heterocycles. The zero-order valence-corrected chi connectivity index (χ0v) is 13.5. The lowest BCUT2D eigenvalue weighted by Gasteiger charge is -2.23. The third kappa shape index (κ3) is 2.55. The minimum absolute atomic E-state index is 0.0271. The highest BCUT2D eigenvalue weighted by atomic mass is 19.2. The Balaban J connectivity index is 2.07. The second-order valence-corrected chi connectivity index (χ2v) is 6.22. The Morgan fingerprint density at radius 3 is 2.83 bits per heavy atom. The third-order valence-corrected chi connectivity index (χ3v) is 4.97. The molecule has 0 spiro atoms. The van der Waals surface area contributed by atoms with Crippen LogP contribution in [0, 0.1) is 12.8 Å². The number of anilines is 1. The maximum absolute atomic E-state index is 14.2. The van der Waals surface area contributed by atoms with Crippen LogP contribution in [0.25, 0.3) is 10.9 Å². The lowest BCUT2D eigenvalue weighted by molar-refractivity contribution is 0.361. The van der Waals surface area contributed by atoms with Gasteiger partial charge in [-0.25, -0.2) is 4.79 Å². The van der Waals surface area contributed by atoms with E-state index in [1.54, 1.807) is 13.0 Å². The third-order valence-electron chi connectivity index (χ3n) is 4.97. The number of H-pyrrole nitrogens is 1. The molecule has 0 radical (unpaired) electrons. The topological polar surface area (TPSA) is 70.1 Å². The van der Waals surface area contributed by atoms with Crippen molar-refractivity contribution in [2.75, 3.05) is 25.0 Å². The summed E-state index contributed by atoms with van der Waals surface area (Å²) in [6, 6.07) is 3.83. The Hall–Kier alpha value is -2.15. The lowest BCUT2D eigenvalue weighted by Crippen LogP contribution is -2.33. The molecule has 0 unspecified atom stereocenters. The first kappa shape index (κ1) is 15.7. The summed E-state index contributed by atoms with van der Waals surface area (Å²) in [5.41, 5.74) is -0.0467. The van der Waals surface area contributed by atoms with Gasteiger partial charge in [-0.05, 0) is 50.9 Å². The van der Waals surface area contributed by atoms with Crippen LogP contribution in [0.5, 0.6) is 0 Å². The number of fused-ring (bicyclic) bond motifs is 1. The van der Waals surface area contributed by atoms with E-state index >= 15 is 0 Å². The summed E-state index contributed by atoms with van der Waals surface area (Å²) in [6.07, 6.45) is 1.05. The van der Waals surface area contributed by atoms with E-state index in [1.165, 1.54) is 0 Å². The van der Waals surface area contributed by atoms with Crippen LogP contribution in [0.15, 0.2) is 21.7 Å². The monoisotopic (exact) mass is 320 g/mol. The summed E-state index contributed by atoms with van der Waals surface area (Å²) >= 11 is 0. The van der Waals surface area contributed by atoms with Crippen molar-refractivity contribution in [1.82, 2.24) is 15.1 Å². The van der Waals surface area contributed by atoms with Gasteiger partial charge in [0.2, 0.25) is 0 Å². The number of aromatic amines is 1. The highest BCUT2D eigenvalue weighted by Gasteiger charge is 2.28. The fourth-order valence-electron chi connectivity index (χ4n) is 3.43. The predicted molar refractivity (Wildman–Crippen MR) is 88.9 cm³/mol. The van der Waals surface area contributed by atoms with E-state index in [0.29, 0.717) is 17.5 Å². The maximum atomic E-state index is 14.2. The lowest BCUT2D eigenvalue weighted by atomic mass is 10.0. The maximum Gasteiger partial charge on any atom is 0.357 e. The average molecular weight is 320 g/mol. The van der Waals surface area contributed by atoms with Gasteiger partial charge in [-0.1, -0.05) is 4.48 Å². The summed E-state index contributed by atoms with van der Waals surface area (Å²) in [7, 11) is 1.95. The normalized spacial score (nSPS) is 19.5. The molecule has 6 nitrogen and oxygen atoms in total. The van der Waals surface area contributed by atoms with Gasteiger partial charge in [0, 0.05) is 24.8 Å². The minimum atomic E-state index is -1.04. The van der Waals surface area contributed by atoms with Gasteiger partial charge in [-0.15, -0.1) is 4.79 Å². The standard InChI is InChI=1S/C16H21FN4O2/c1-9-13(20-7-6-11(8-20)10(2)18-3)5-4-12-14(9)21(17)16(23)19-15(12)22/h4-5,10-11,18H,6-8H2,1-3H3,(H,19,22,23)/t10-,11+/m0/s1. The van der Waals surface area contributed by atoms with E-state index in [-0.39, 0.29) is 15.7 Å². The van der Waals surface area contributed by atoms with Crippen molar-refractivity contribution < 1.29 is 4.48 Å². The number of aromatic nitrogens is 2. The molecule has 7 heteroatoms. The molecule has 1 saturated heterocycles. The number of nitrogens with zero attached hydrogens (tertiary/aromatic N) is 2. The van der Waals surface area contributed by atoms with Crippen molar-refractivity contribution in [1.29, 1.82) is 0 Å². The molecule has 0 saturated carbocycles. The first-order valence-corrected chi connectivity index (χ1v) is 7.81. The number of halogens is 1. The fraction of sp³-hybridized carbons (Fsp3) is 0.500. The van der Waals surface area contributed by atoms with Gasteiger partial charge >= 0.3 is 5.69 Å². The molecule has 1 aromatic heterocycles. The van der Waals surface area contributed by atoms with Crippen LogP contribution in [-0.2, 0) is 0 Å². The van der Waals surface area contributed by atoms with Crippen molar-refractivity contribution in [3.63, 3.8) is 0 Å². The number of rotatable bonds is 3. The molecule has 23 heavy (non-hydrogen) atoms. The Morgan fingerprint density at radius 1 is 1.39 bits per heavy atom. The van der Waals surface area contributed by atoms with Crippen molar-refractivity contribution >= 4 is 16.6 Å². The zero-order chi connectivity index (χ0) is 16.7. The zero-order valence-electron chi connectivity index (χ0n) is 13.5. The second kappa shape index (κ2) is 5.81. The van der Waals surface area contributed by atoms with Crippen molar-refractivity contribution in [3.05, 3.63) is 38.5 Å². The number of hydrogen-bond donors (Lipinski definition) is 2. The van der Waals surface area contributed by atoms with Gasteiger partial charge in [0.15, 0.2) is 0 Å². The SMILES string of the molecule is CN[C@@H](C)[C@@H]1CCN(c2ccc3c(=O)[nH]c(=O)n(F)c3c2C)C1. The van der Waals surface area contributed by atoms with E-state index in [0.717, 1.165) is 25.2 Å². The molecule has 0 bridgehead atoms. The molecule has 1 aromatic carbocycles. The molecule has 2 N–H and O–H groups in total. The summed E-state index contributed by atoms with van der Waals surface area (Å²) < 4.78 is 14.2. The quantitative estimate of drug-likeness (QED) is 0.890. The van der Waals surface area contributed by atoms with E-state index in [1.807, 2.05) is 18.1 Å². The van der Waals surface area contributed by atoms with Crippen LogP contribution in [0.4, 0.5) is 10.2 Å². The molecule has 0 amide bonds. The molecule has 3 rings (SSSR count). The fourth-order valence-corrected chi connectivity index (χ4v) is 3.43. The smallest absolute Gasteiger partial charge is 0.357 e. The van der Waals surface area contributed by atoms with Gasteiger partial charge in [0.1, 0.15) is 0 Å². The van der Waals surface area contributed by atoms with Crippen molar-refractivity contribution in [3.8, 4) is 0 Å². The van der Waals surface area contributed by atoms with E-state index < -0.39 is 11.2 Å². The Labute approximate surface area is 132 Å². The number of aryl methyl sites for hydroxylation is 1. The van der Waals surface area contributed by atoms with Gasteiger partial charge in [-0.2, -0.15) is 0 Å². The summed E-state index contributed by atoms with van der Waals surface area (Å²) in [6.45, 7) is 5.65. The largest absolute Gasteiger partial charge is 0.371 e. The molecule has 2 aromatic rings. The van der Waals surface area contributed by atoms with Gasteiger partial charge in [0.25, 0.3) is 5.56 Å². The van der Waals surface area contributed by atoms with Crippen LogP contribution in [-0.4, -0.2) is 36.0 Å². The Kier molecular flexibility index (Phi) is 3.97. The summed E-state index contributed by atoms with van der Waals surface area (Å²) in [5, 5.41) is 3.46. The Bertz CT molecular complexity index is 858. The molecule has 1 fully saturated rings. The molecular formula is C16H21FN4O2. The van der Waals surface area contributed by atoms with Crippen LogP contribution in [0.2, 0.25) is 0 Å². The van der Waals surface area contributed by atoms with Crippen LogP contribution in [0.1, 0.15) is 18.9 Å². The molecule has 1 aliphatic rings. The Morgan fingerprint density at radius 2 is 2.13 bits per heavy atom. The van der Waals surface area contributed by atoms with E-state index in [2.05, 4.69) is 17.1 Å². The molecule has 2 atom stereocenters. The average Bonchev–Trinajstić information content (AvgIpc) is 3.01. The van der Waals surface area contributed by atoms with Crippen LogP contribution >= 0.6 is 0 Å². The first-order chi connectivity index (χ1) is 10.9. The van der Waals surface area contributed by atoms with Gasteiger partial charge in [-0.3, -0.25) is 9.78 Å². The van der Waals surface area contributed by atoms with Gasteiger partial charge in [0.05, 0.1) is 10.9 Å². The van der Waals surface area contributed by atoms with Crippen LogP contribution < -0.4 is 21.5 Å². The molecule has 0 aliphatic carbocycles. The minimum Gasteiger partial charge on any atom is -0.371 e. The molecular weight excluding hydrogens is 299 g/mol. The van der Waals surface area contributed by atoms with Gasteiger partial charge < -0.3 is 10.2 Å². The highest BCUT2D eigenvalue weighted by Crippen LogP contribution is 2.31. The molecule has 124 valence electrons. The van der Waals surface area contributed by atoms with Crippen molar-refractivity contribution in [2.24, 2.45) is 5.92 Å². The number of hydrogen-bond acceptors (Lipinski definition) is 4. The van der Waals surface area contributed by atoms with Crippen LogP contribution in [0.3, 0.4) is 0 Å². The first-order valence-electron chi connectivity index (χ1n) is 7.81. The second-order valence-electron chi connectivity index (χ2n) is 6.22. The van der Waals surface area contributed by atoms with Crippen molar-refractivity contribution in [2.45, 2.75) is 26.3 Å². The molecule has 2 heterocycles. The highest BCUT2D eigenvalue weighted by molar-refractivity contribution is 5.86. The predicted octanol–water partition coefficient (Wildman–Crippen LogP) is 1.17. The summed E-state index contributed by atoms with van der Waals surface area (Å²) in [4.78, 5) is 27.6. The summed E-state index contributed by atoms with van der Waals surface area (Å²) in [5.74, 6) is 0.516.